The van der Waals surface area contributed by atoms with Gasteiger partial charge in [0, 0.05) is 11.1 Å². The van der Waals surface area contributed by atoms with E-state index in [9.17, 15) is 10.2 Å². The van der Waals surface area contributed by atoms with Crippen molar-refractivity contribution in [2.75, 3.05) is 6.61 Å². The molecule has 5 aromatic carbocycles. The molecule has 178 valence electrons. The van der Waals surface area contributed by atoms with E-state index in [1.165, 1.54) is 0 Å². The van der Waals surface area contributed by atoms with Gasteiger partial charge in [-0.3, -0.25) is 0 Å². The van der Waals surface area contributed by atoms with Crippen LogP contribution in [0.5, 0.6) is 23.0 Å². The van der Waals surface area contributed by atoms with Gasteiger partial charge in [0.2, 0.25) is 0 Å². The van der Waals surface area contributed by atoms with E-state index in [0.29, 0.717) is 22.6 Å². The average Bonchev–Trinajstić information content (AvgIpc) is 2.92. The normalized spacial score (nSPS) is 11.6. The number of phenols is 2. The first kappa shape index (κ1) is 23.1. The minimum Gasteiger partial charge on any atom is -0.507 e. The van der Waals surface area contributed by atoms with Crippen LogP contribution in [0.3, 0.4) is 0 Å². The fraction of sp³-hybridized carbons (Fsp3) is 0.0625. The molecule has 4 nitrogen and oxygen atoms in total. The van der Waals surface area contributed by atoms with Crippen LogP contribution in [0.4, 0.5) is 0 Å². The van der Waals surface area contributed by atoms with Crippen LogP contribution in [0.25, 0.3) is 22.3 Å². The highest BCUT2D eigenvalue weighted by atomic mass is 16.5. The minimum atomic E-state index is -0.586. The topological polar surface area (TPSA) is 58.9 Å². The van der Waals surface area contributed by atoms with Crippen molar-refractivity contribution in [1.82, 2.24) is 0 Å². The van der Waals surface area contributed by atoms with Crippen LogP contribution in [0.2, 0.25) is 0 Å². The molecule has 0 spiro atoms. The molecule has 0 fully saturated rings. The van der Waals surface area contributed by atoms with Gasteiger partial charge in [-0.15, -0.1) is 0 Å². The molecule has 0 aromatic heterocycles. The molecule has 0 saturated carbocycles. The van der Waals surface area contributed by atoms with E-state index in [-0.39, 0.29) is 18.1 Å². The Labute approximate surface area is 210 Å². The molecule has 0 radical (unpaired) electrons. The molecule has 0 heterocycles. The molecule has 1 unspecified atom stereocenters. The summed E-state index contributed by atoms with van der Waals surface area (Å²) in [4.78, 5) is 0. The Bertz CT molecular complexity index is 1420. The second-order valence-corrected chi connectivity index (χ2v) is 8.35. The summed E-state index contributed by atoms with van der Waals surface area (Å²) >= 11 is 0. The van der Waals surface area contributed by atoms with E-state index in [4.69, 9.17) is 9.47 Å². The first-order valence-corrected chi connectivity index (χ1v) is 11.8. The fourth-order valence-electron chi connectivity index (χ4n) is 4.29. The van der Waals surface area contributed by atoms with Crippen LogP contribution in [-0.2, 0) is 0 Å². The van der Waals surface area contributed by atoms with Crippen molar-refractivity contribution in [3.63, 3.8) is 0 Å². The molecular formula is C32H26O4. The van der Waals surface area contributed by atoms with Crippen molar-refractivity contribution >= 4 is 0 Å². The Kier molecular flexibility index (Phi) is 6.86. The number of ether oxygens (including phenoxy) is 2. The summed E-state index contributed by atoms with van der Waals surface area (Å²) in [5.74, 6) is 1.52. The predicted molar refractivity (Wildman–Crippen MR) is 142 cm³/mol. The highest BCUT2D eigenvalue weighted by molar-refractivity contribution is 5.77. The second kappa shape index (κ2) is 10.7. The third-order valence-electron chi connectivity index (χ3n) is 5.96. The lowest BCUT2D eigenvalue weighted by Gasteiger charge is -2.25. The summed E-state index contributed by atoms with van der Waals surface area (Å²) in [6.45, 7) is 0.192. The Hall–Kier alpha value is -4.70. The zero-order valence-corrected chi connectivity index (χ0v) is 19.6. The van der Waals surface area contributed by atoms with Crippen molar-refractivity contribution in [3.8, 4) is 45.3 Å². The molecular weight excluding hydrogens is 448 g/mol. The molecule has 1 atom stereocenters. The van der Waals surface area contributed by atoms with Crippen LogP contribution in [-0.4, -0.2) is 16.8 Å². The average molecular weight is 475 g/mol. The molecule has 0 aliphatic heterocycles. The number of aromatic hydroxyl groups is 2. The first-order chi connectivity index (χ1) is 17.7. The molecule has 0 aliphatic rings. The maximum atomic E-state index is 10.9. The third-order valence-corrected chi connectivity index (χ3v) is 5.96. The van der Waals surface area contributed by atoms with E-state index in [0.717, 1.165) is 16.7 Å². The van der Waals surface area contributed by atoms with Gasteiger partial charge in [0.1, 0.15) is 29.6 Å². The molecule has 2 N–H and O–H groups in total. The zero-order valence-electron chi connectivity index (χ0n) is 19.6. The van der Waals surface area contributed by atoms with Crippen molar-refractivity contribution < 1.29 is 19.7 Å². The largest absolute Gasteiger partial charge is 0.507 e. The van der Waals surface area contributed by atoms with E-state index >= 15 is 0 Å². The molecule has 5 rings (SSSR count). The lowest BCUT2D eigenvalue weighted by Crippen LogP contribution is -2.18. The maximum Gasteiger partial charge on any atom is 0.158 e. The van der Waals surface area contributed by atoms with E-state index in [1.54, 1.807) is 24.3 Å². The van der Waals surface area contributed by atoms with Gasteiger partial charge in [0.15, 0.2) is 6.10 Å². The van der Waals surface area contributed by atoms with Crippen LogP contribution < -0.4 is 9.47 Å². The summed E-state index contributed by atoms with van der Waals surface area (Å²) in [7, 11) is 0. The van der Waals surface area contributed by atoms with Crippen LogP contribution >= 0.6 is 0 Å². The van der Waals surface area contributed by atoms with Gasteiger partial charge in [-0.05, 0) is 41.5 Å². The standard InChI is InChI=1S/C32H26O4/c33-27-19-10-18-26(31(27)23-12-4-1-5-13-23)30(22-35-25-16-8-3-9-17-25)36-29-21-11-20-28(34)32(29)24-14-6-2-7-15-24/h1-21,30,33-34H,22H2. The minimum absolute atomic E-state index is 0.126. The van der Waals surface area contributed by atoms with Gasteiger partial charge in [0.05, 0.1) is 5.56 Å². The summed E-state index contributed by atoms with van der Waals surface area (Å²) in [6.07, 6.45) is -0.586. The van der Waals surface area contributed by atoms with Crippen LogP contribution in [0.15, 0.2) is 127 Å². The SMILES string of the molecule is Oc1cccc(OC(COc2ccccc2)c2cccc(O)c2-c2ccccc2)c1-c1ccccc1. The molecule has 0 amide bonds. The van der Waals surface area contributed by atoms with Crippen LogP contribution in [0.1, 0.15) is 11.7 Å². The molecule has 36 heavy (non-hydrogen) atoms. The number of benzene rings is 5. The Balaban J connectivity index is 1.59. The predicted octanol–water partition coefficient (Wildman–Crippen LogP) is 7.63. The van der Waals surface area contributed by atoms with Gasteiger partial charge >= 0.3 is 0 Å². The lowest BCUT2D eigenvalue weighted by molar-refractivity contribution is 0.130. The highest BCUT2D eigenvalue weighted by Gasteiger charge is 2.24. The van der Waals surface area contributed by atoms with E-state index < -0.39 is 6.10 Å². The number of phenolic OH excluding ortho intramolecular Hbond substituents is 2. The molecule has 4 heteroatoms. The van der Waals surface area contributed by atoms with Gasteiger partial charge in [-0.1, -0.05) is 97.1 Å². The number of rotatable bonds is 8. The van der Waals surface area contributed by atoms with Gasteiger partial charge in [-0.2, -0.15) is 0 Å². The Morgan fingerprint density at radius 1 is 0.528 bits per heavy atom. The summed E-state index contributed by atoms with van der Waals surface area (Å²) in [5, 5.41) is 21.6. The lowest BCUT2D eigenvalue weighted by atomic mass is 9.95. The summed E-state index contributed by atoms with van der Waals surface area (Å²) in [6, 6.07) is 39.5. The van der Waals surface area contributed by atoms with E-state index in [1.807, 2.05) is 103 Å². The van der Waals surface area contributed by atoms with E-state index in [2.05, 4.69) is 0 Å². The van der Waals surface area contributed by atoms with Gasteiger partial charge in [0.25, 0.3) is 0 Å². The third kappa shape index (κ3) is 5.03. The zero-order chi connectivity index (χ0) is 24.7. The molecule has 5 aromatic rings. The Morgan fingerprint density at radius 3 is 1.69 bits per heavy atom. The maximum absolute atomic E-state index is 10.9. The summed E-state index contributed by atoms with van der Waals surface area (Å²) < 4.78 is 12.7. The van der Waals surface area contributed by atoms with Gasteiger partial charge < -0.3 is 19.7 Å². The van der Waals surface area contributed by atoms with Crippen molar-refractivity contribution in [2.24, 2.45) is 0 Å². The molecule has 0 aliphatic carbocycles. The van der Waals surface area contributed by atoms with Gasteiger partial charge in [-0.25, -0.2) is 0 Å². The Morgan fingerprint density at radius 2 is 1.06 bits per heavy atom. The number of hydrogen-bond acceptors (Lipinski definition) is 4. The number of para-hydroxylation sites is 1. The van der Waals surface area contributed by atoms with Crippen LogP contribution in [0, 0.1) is 0 Å². The fourth-order valence-corrected chi connectivity index (χ4v) is 4.29. The monoisotopic (exact) mass is 474 g/mol. The quantitative estimate of drug-likeness (QED) is 0.243. The smallest absolute Gasteiger partial charge is 0.158 e. The molecule has 0 saturated heterocycles. The van der Waals surface area contributed by atoms with Crippen molar-refractivity contribution in [1.29, 1.82) is 0 Å². The summed E-state index contributed by atoms with van der Waals surface area (Å²) in [5.41, 5.74) is 3.77. The number of hydrogen-bond donors (Lipinski definition) is 2. The molecule has 0 bridgehead atoms. The van der Waals surface area contributed by atoms with Crippen molar-refractivity contribution in [3.05, 3.63) is 133 Å². The second-order valence-electron chi connectivity index (χ2n) is 8.35. The van der Waals surface area contributed by atoms with Crippen molar-refractivity contribution in [2.45, 2.75) is 6.10 Å². The highest BCUT2D eigenvalue weighted by Crippen LogP contribution is 2.42. The first-order valence-electron chi connectivity index (χ1n) is 11.8.